The third-order valence-electron chi connectivity index (χ3n) is 5.49. The zero-order valence-corrected chi connectivity index (χ0v) is 21.6. The first-order valence-electron chi connectivity index (χ1n) is 11.4. The van der Waals surface area contributed by atoms with E-state index in [1.807, 2.05) is 0 Å². The number of nitrogens with zero attached hydrogens (tertiary/aromatic N) is 3. The van der Waals surface area contributed by atoms with Gasteiger partial charge in [-0.25, -0.2) is 14.8 Å². The predicted octanol–water partition coefficient (Wildman–Crippen LogP) is 5.33. The lowest BCUT2D eigenvalue weighted by molar-refractivity contribution is 0.176. The van der Waals surface area contributed by atoms with Gasteiger partial charge in [0.2, 0.25) is 5.88 Å². The van der Waals surface area contributed by atoms with Crippen LogP contribution in [0.25, 0.3) is 10.9 Å². The van der Waals surface area contributed by atoms with Crippen molar-refractivity contribution in [3.63, 3.8) is 0 Å². The molecule has 0 aliphatic heterocycles. The van der Waals surface area contributed by atoms with Crippen LogP contribution in [0.3, 0.4) is 0 Å². The Labute approximate surface area is 210 Å². The highest BCUT2D eigenvalue weighted by atomic mass is 35.5. The predicted molar refractivity (Wildman–Crippen MR) is 138 cm³/mol. The first kappa shape index (κ1) is 26.3. The molecule has 0 radical (unpaired) electrons. The summed E-state index contributed by atoms with van der Waals surface area (Å²) < 4.78 is 16.7. The smallest absolute Gasteiger partial charge is 0.319 e. The van der Waals surface area contributed by atoms with Crippen molar-refractivity contribution in [2.75, 3.05) is 32.6 Å². The summed E-state index contributed by atoms with van der Waals surface area (Å²) in [6.45, 7) is 9.84. The molecule has 1 heterocycles. The average Bonchev–Trinajstić information content (AvgIpc) is 2.82. The van der Waals surface area contributed by atoms with Crippen LogP contribution in [0.2, 0.25) is 5.02 Å². The summed E-state index contributed by atoms with van der Waals surface area (Å²) in [6.07, 6.45) is 1.41. The summed E-state index contributed by atoms with van der Waals surface area (Å²) in [5.41, 5.74) is 1.11. The van der Waals surface area contributed by atoms with E-state index in [2.05, 4.69) is 53.2 Å². The maximum Gasteiger partial charge on any atom is 0.319 e. The number of hydrogen-bond donors (Lipinski definition) is 2. The number of carbonyl (C=O) groups excluding carboxylic acids is 1. The highest BCUT2D eigenvalue weighted by Gasteiger charge is 2.15. The number of benzene rings is 2. The molecule has 0 unspecified atom stereocenters. The standard InChI is InChI=1S/C25H32ClN5O4/c1-15(2)31(16(3)4)10-9-27-25(32)30-20-8-7-17(11-19(20)26)35-24-18-12-22(33-5)23(34-6)13-21(18)28-14-29-24/h7-8,11-16H,9-10H2,1-6H3,(H2,27,30,32). The van der Waals surface area contributed by atoms with Crippen LogP contribution in [0, 0.1) is 0 Å². The Hall–Kier alpha value is -3.30. The quantitative estimate of drug-likeness (QED) is 0.387. The van der Waals surface area contributed by atoms with E-state index in [4.69, 9.17) is 25.8 Å². The number of halogens is 1. The number of carbonyl (C=O) groups is 1. The Bertz CT molecular complexity index is 1160. The highest BCUT2D eigenvalue weighted by Crippen LogP contribution is 2.36. The maximum atomic E-state index is 12.4. The van der Waals surface area contributed by atoms with E-state index in [0.29, 0.717) is 63.4 Å². The molecule has 9 nitrogen and oxygen atoms in total. The Morgan fingerprint density at radius 2 is 1.71 bits per heavy atom. The molecular weight excluding hydrogens is 470 g/mol. The van der Waals surface area contributed by atoms with E-state index >= 15 is 0 Å². The van der Waals surface area contributed by atoms with E-state index < -0.39 is 0 Å². The van der Waals surface area contributed by atoms with Crippen LogP contribution in [0.4, 0.5) is 10.5 Å². The molecule has 0 saturated heterocycles. The summed E-state index contributed by atoms with van der Waals surface area (Å²) in [5.74, 6) is 1.89. The normalized spacial score (nSPS) is 11.3. The molecule has 0 aliphatic rings. The van der Waals surface area contributed by atoms with Gasteiger partial charge < -0.3 is 24.8 Å². The van der Waals surface area contributed by atoms with Gasteiger partial charge in [-0.3, -0.25) is 4.90 Å². The largest absolute Gasteiger partial charge is 0.493 e. The zero-order valence-electron chi connectivity index (χ0n) is 20.9. The number of nitrogens with one attached hydrogen (secondary N) is 2. The minimum atomic E-state index is -0.323. The number of anilines is 1. The van der Waals surface area contributed by atoms with Gasteiger partial charge in [0, 0.05) is 37.3 Å². The van der Waals surface area contributed by atoms with E-state index in [1.54, 1.807) is 44.6 Å². The van der Waals surface area contributed by atoms with Gasteiger partial charge >= 0.3 is 6.03 Å². The summed E-state index contributed by atoms with van der Waals surface area (Å²) in [7, 11) is 3.12. The molecule has 3 rings (SSSR count). The van der Waals surface area contributed by atoms with Gasteiger partial charge in [-0.1, -0.05) is 11.6 Å². The number of rotatable bonds is 10. The first-order chi connectivity index (χ1) is 16.7. The van der Waals surface area contributed by atoms with Crippen molar-refractivity contribution >= 4 is 34.2 Å². The number of fused-ring (bicyclic) bond motifs is 1. The van der Waals surface area contributed by atoms with Crippen molar-refractivity contribution in [2.45, 2.75) is 39.8 Å². The second kappa shape index (κ2) is 11.9. The van der Waals surface area contributed by atoms with Crippen LogP contribution in [-0.2, 0) is 0 Å². The van der Waals surface area contributed by atoms with Crippen LogP contribution in [-0.4, -0.2) is 60.3 Å². The molecule has 2 aromatic carbocycles. The van der Waals surface area contributed by atoms with Crippen LogP contribution >= 0.6 is 11.6 Å². The van der Waals surface area contributed by atoms with E-state index in [1.165, 1.54) is 6.33 Å². The molecule has 1 aromatic heterocycles. The van der Waals surface area contributed by atoms with Crippen LogP contribution in [0.15, 0.2) is 36.7 Å². The fraction of sp³-hybridized carbons (Fsp3) is 0.400. The number of aromatic nitrogens is 2. The Balaban J connectivity index is 1.67. The summed E-state index contributed by atoms with van der Waals surface area (Å²) >= 11 is 6.41. The number of hydrogen-bond acceptors (Lipinski definition) is 7. The lowest BCUT2D eigenvalue weighted by atomic mass is 10.2. The van der Waals surface area contributed by atoms with Gasteiger partial charge in [0.1, 0.15) is 12.1 Å². The van der Waals surface area contributed by atoms with Crippen LogP contribution in [0.1, 0.15) is 27.7 Å². The molecule has 188 valence electrons. The molecule has 35 heavy (non-hydrogen) atoms. The van der Waals surface area contributed by atoms with E-state index in [0.717, 1.165) is 6.54 Å². The SMILES string of the molecule is COc1cc2ncnc(Oc3ccc(NC(=O)NCCN(C(C)C)C(C)C)c(Cl)c3)c2cc1OC. The van der Waals surface area contributed by atoms with Gasteiger partial charge in [-0.15, -0.1) is 0 Å². The molecule has 0 bridgehead atoms. The lowest BCUT2D eigenvalue weighted by Crippen LogP contribution is -2.43. The number of ether oxygens (including phenoxy) is 3. The second-order valence-electron chi connectivity index (χ2n) is 8.45. The molecule has 0 fully saturated rings. The topological polar surface area (TPSA) is 97.8 Å². The van der Waals surface area contributed by atoms with Gasteiger partial charge in [-0.05, 0) is 45.9 Å². The monoisotopic (exact) mass is 501 g/mol. The summed E-state index contributed by atoms with van der Waals surface area (Å²) in [5, 5.41) is 6.64. The third kappa shape index (κ3) is 6.64. The molecule has 0 aliphatic carbocycles. The van der Waals surface area contributed by atoms with E-state index in [-0.39, 0.29) is 6.03 Å². The van der Waals surface area contributed by atoms with Crippen molar-refractivity contribution < 1.29 is 19.0 Å². The maximum absolute atomic E-state index is 12.4. The van der Waals surface area contributed by atoms with E-state index in [9.17, 15) is 4.79 Å². The van der Waals surface area contributed by atoms with Crippen LogP contribution in [0.5, 0.6) is 23.1 Å². The van der Waals surface area contributed by atoms with Gasteiger partial charge in [-0.2, -0.15) is 0 Å². The lowest BCUT2D eigenvalue weighted by Gasteiger charge is -2.30. The molecule has 0 saturated carbocycles. The fourth-order valence-electron chi connectivity index (χ4n) is 3.79. The van der Waals surface area contributed by atoms with Gasteiger partial charge in [0.15, 0.2) is 11.5 Å². The molecule has 3 aromatic rings. The van der Waals surface area contributed by atoms with Crippen molar-refractivity contribution in [3.8, 4) is 23.1 Å². The highest BCUT2D eigenvalue weighted by molar-refractivity contribution is 6.33. The minimum absolute atomic E-state index is 0.323. The van der Waals surface area contributed by atoms with Crippen molar-refractivity contribution in [3.05, 3.63) is 41.7 Å². The minimum Gasteiger partial charge on any atom is -0.493 e. The number of urea groups is 1. The van der Waals surface area contributed by atoms with Crippen molar-refractivity contribution in [1.29, 1.82) is 0 Å². The summed E-state index contributed by atoms with van der Waals surface area (Å²) in [4.78, 5) is 23.2. The average molecular weight is 502 g/mol. The van der Waals surface area contributed by atoms with Crippen molar-refractivity contribution in [2.24, 2.45) is 0 Å². The Kier molecular flexibility index (Phi) is 8.95. The zero-order chi connectivity index (χ0) is 25.5. The van der Waals surface area contributed by atoms with Gasteiger partial charge in [0.05, 0.1) is 35.8 Å². The molecule has 10 heteroatoms. The van der Waals surface area contributed by atoms with Gasteiger partial charge in [0.25, 0.3) is 0 Å². The molecule has 2 amide bonds. The second-order valence-corrected chi connectivity index (χ2v) is 8.86. The molecule has 2 N–H and O–H groups in total. The first-order valence-corrected chi connectivity index (χ1v) is 11.8. The van der Waals surface area contributed by atoms with Crippen molar-refractivity contribution in [1.82, 2.24) is 20.2 Å². The Morgan fingerprint density at radius 3 is 2.34 bits per heavy atom. The molecule has 0 spiro atoms. The Morgan fingerprint density at radius 1 is 1.03 bits per heavy atom. The molecular formula is C25H32ClN5O4. The molecule has 0 atom stereocenters. The third-order valence-corrected chi connectivity index (χ3v) is 5.80. The fourth-order valence-corrected chi connectivity index (χ4v) is 4.01. The van der Waals surface area contributed by atoms with Crippen LogP contribution < -0.4 is 24.8 Å². The number of amides is 2. The number of methoxy groups -OCH3 is 2. The summed E-state index contributed by atoms with van der Waals surface area (Å²) in [6, 6.07) is 8.98.